The molecule has 0 radical (unpaired) electrons. The normalized spacial score (nSPS) is 16.6. The van der Waals surface area contributed by atoms with E-state index in [0.717, 1.165) is 33.4 Å². The summed E-state index contributed by atoms with van der Waals surface area (Å²) < 4.78 is 0. The maximum atomic E-state index is 12.1. The highest BCUT2D eigenvalue weighted by Crippen LogP contribution is 2.38. The van der Waals surface area contributed by atoms with Gasteiger partial charge in [-0.15, -0.1) is 0 Å². The zero-order chi connectivity index (χ0) is 27.5. The van der Waals surface area contributed by atoms with Crippen LogP contribution >= 0.6 is 0 Å². The summed E-state index contributed by atoms with van der Waals surface area (Å²) in [5.41, 5.74) is 15.5. The van der Waals surface area contributed by atoms with Gasteiger partial charge in [-0.25, -0.2) is 0 Å². The summed E-state index contributed by atoms with van der Waals surface area (Å²) in [7, 11) is 0. The lowest BCUT2D eigenvalue weighted by molar-refractivity contribution is 0.0352. The van der Waals surface area contributed by atoms with Crippen LogP contribution in [0.4, 0.5) is 0 Å². The minimum atomic E-state index is -1.34. The van der Waals surface area contributed by atoms with Gasteiger partial charge in [0.1, 0.15) is 11.2 Å². The highest BCUT2D eigenvalue weighted by Gasteiger charge is 2.41. The van der Waals surface area contributed by atoms with E-state index in [0.29, 0.717) is 0 Å². The third-order valence-corrected chi connectivity index (χ3v) is 7.79. The number of hydrogen-bond donors (Lipinski definition) is 4. The molecule has 0 saturated carbocycles. The lowest BCUT2D eigenvalue weighted by atomic mass is 9.75. The molecule has 0 saturated heterocycles. The van der Waals surface area contributed by atoms with Crippen molar-refractivity contribution in [3.05, 3.63) is 131 Å². The number of nitrogens with two attached hydrogens (primary N) is 2. The second kappa shape index (κ2) is 11.2. The van der Waals surface area contributed by atoms with Crippen LogP contribution in [0.15, 0.2) is 109 Å². The zero-order valence-electron chi connectivity index (χ0n) is 22.8. The van der Waals surface area contributed by atoms with E-state index >= 15 is 0 Å². The number of hydrogen-bond acceptors (Lipinski definition) is 4. The van der Waals surface area contributed by atoms with E-state index in [9.17, 15) is 10.2 Å². The first-order chi connectivity index (χ1) is 18.1. The van der Waals surface area contributed by atoms with E-state index in [-0.39, 0.29) is 11.8 Å². The predicted molar refractivity (Wildman–Crippen MR) is 156 cm³/mol. The van der Waals surface area contributed by atoms with Crippen LogP contribution in [-0.2, 0) is 11.2 Å². The third-order valence-electron chi connectivity index (χ3n) is 7.79. The smallest absolute Gasteiger partial charge is 0.130 e. The molecule has 0 aliphatic rings. The largest absolute Gasteiger partial charge is 0.379 e. The first-order valence-corrected chi connectivity index (χ1v) is 13.4. The first-order valence-electron chi connectivity index (χ1n) is 13.4. The monoisotopic (exact) mass is 508 g/mol. The summed E-state index contributed by atoms with van der Waals surface area (Å²) >= 11 is 0. The Morgan fingerprint density at radius 1 is 0.474 bits per heavy atom. The van der Waals surface area contributed by atoms with Crippen molar-refractivity contribution in [2.45, 2.75) is 51.0 Å². The standard InChI is InChI=1S/C34H40N2O2/c1-23(2)31(35)33(37,27-13-7-5-8-14-27)29-20-18-25(19-21-29)26-12-11-17-30(22-26)34(38,32(36)24(3)4)28-15-9-6-10-16-28/h5-24,31-32,37-38H,35-36H2,1-4H3/t31-,32?,33?,34?/m1/s1. The van der Waals surface area contributed by atoms with Crippen LogP contribution in [0.2, 0.25) is 0 Å². The Morgan fingerprint density at radius 2 is 0.868 bits per heavy atom. The van der Waals surface area contributed by atoms with Gasteiger partial charge in [0, 0.05) is 12.1 Å². The summed E-state index contributed by atoms with van der Waals surface area (Å²) in [6.07, 6.45) is 0. The van der Waals surface area contributed by atoms with Crippen molar-refractivity contribution in [1.82, 2.24) is 0 Å². The van der Waals surface area contributed by atoms with Crippen LogP contribution in [0.25, 0.3) is 11.1 Å². The first kappa shape index (κ1) is 27.7. The molecule has 4 nitrogen and oxygen atoms in total. The Bertz CT molecular complexity index is 1320. The predicted octanol–water partition coefficient (Wildman–Crippen LogP) is 5.79. The fraction of sp³-hybridized carbons (Fsp3) is 0.294. The lowest BCUT2D eigenvalue weighted by Crippen LogP contribution is -2.49. The molecule has 4 aromatic rings. The molecular formula is C34H40N2O2. The van der Waals surface area contributed by atoms with Gasteiger partial charge in [0.25, 0.3) is 0 Å². The maximum absolute atomic E-state index is 12.1. The van der Waals surface area contributed by atoms with Crippen molar-refractivity contribution in [3.63, 3.8) is 0 Å². The van der Waals surface area contributed by atoms with Crippen molar-refractivity contribution in [1.29, 1.82) is 0 Å². The van der Waals surface area contributed by atoms with Crippen LogP contribution in [0.1, 0.15) is 49.9 Å². The molecule has 4 rings (SSSR count). The quantitative estimate of drug-likeness (QED) is 0.230. The molecule has 0 amide bonds. The van der Waals surface area contributed by atoms with Gasteiger partial charge < -0.3 is 21.7 Å². The molecule has 4 heteroatoms. The van der Waals surface area contributed by atoms with Gasteiger partial charge in [-0.3, -0.25) is 0 Å². The highest BCUT2D eigenvalue weighted by molar-refractivity contribution is 5.66. The minimum Gasteiger partial charge on any atom is -0.379 e. The SMILES string of the molecule is CC(C)C(N)C(O)(c1ccccc1)c1cccc(-c2ccc(C(O)(c3ccccc3)[C@H](N)C(C)C)cc2)c1. The lowest BCUT2D eigenvalue weighted by Gasteiger charge is -2.38. The van der Waals surface area contributed by atoms with E-state index in [1.165, 1.54) is 0 Å². The molecule has 0 heterocycles. The fourth-order valence-corrected chi connectivity index (χ4v) is 5.31. The van der Waals surface area contributed by atoms with Crippen LogP contribution in [0.5, 0.6) is 0 Å². The van der Waals surface area contributed by atoms with Gasteiger partial charge in [0.2, 0.25) is 0 Å². The molecule has 0 aliphatic heterocycles. The molecule has 38 heavy (non-hydrogen) atoms. The molecule has 0 fully saturated rings. The fourth-order valence-electron chi connectivity index (χ4n) is 5.31. The van der Waals surface area contributed by atoms with Crippen molar-refractivity contribution in [2.24, 2.45) is 23.3 Å². The van der Waals surface area contributed by atoms with Crippen molar-refractivity contribution in [3.8, 4) is 11.1 Å². The maximum Gasteiger partial charge on any atom is 0.130 e. The Labute approximate surface area is 227 Å². The molecule has 4 aromatic carbocycles. The van der Waals surface area contributed by atoms with E-state index in [1.807, 2.05) is 137 Å². The van der Waals surface area contributed by atoms with Gasteiger partial charge >= 0.3 is 0 Å². The third kappa shape index (κ3) is 5.05. The van der Waals surface area contributed by atoms with Crippen LogP contribution in [0.3, 0.4) is 0 Å². The van der Waals surface area contributed by atoms with Crippen molar-refractivity contribution >= 4 is 0 Å². The zero-order valence-corrected chi connectivity index (χ0v) is 22.8. The van der Waals surface area contributed by atoms with E-state index in [2.05, 4.69) is 0 Å². The van der Waals surface area contributed by atoms with Crippen LogP contribution in [0, 0.1) is 11.8 Å². The number of rotatable bonds is 9. The molecule has 6 N–H and O–H groups in total. The Kier molecular flexibility index (Phi) is 8.19. The molecule has 0 bridgehead atoms. The molecular weight excluding hydrogens is 468 g/mol. The summed E-state index contributed by atoms with van der Waals surface area (Å²) in [5, 5.41) is 24.1. The van der Waals surface area contributed by atoms with E-state index in [1.54, 1.807) is 0 Å². The van der Waals surface area contributed by atoms with Gasteiger partial charge in [0.15, 0.2) is 0 Å². The summed E-state index contributed by atoms with van der Waals surface area (Å²) in [6, 6.07) is 34.1. The van der Waals surface area contributed by atoms with Gasteiger partial charge in [-0.1, -0.05) is 131 Å². The van der Waals surface area contributed by atoms with E-state index < -0.39 is 23.3 Å². The molecule has 3 unspecified atom stereocenters. The topological polar surface area (TPSA) is 92.5 Å². The Hall–Kier alpha value is -3.28. The van der Waals surface area contributed by atoms with Gasteiger partial charge in [-0.2, -0.15) is 0 Å². The van der Waals surface area contributed by atoms with Crippen LogP contribution < -0.4 is 11.5 Å². The molecule has 198 valence electrons. The molecule has 0 spiro atoms. The van der Waals surface area contributed by atoms with Gasteiger partial charge in [0.05, 0.1) is 0 Å². The summed E-state index contributed by atoms with van der Waals surface area (Å²) in [5.74, 6) is 0.126. The molecule has 4 atom stereocenters. The molecule has 0 aliphatic carbocycles. The number of benzene rings is 4. The summed E-state index contributed by atoms with van der Waals surface area (Å²) in [6.45, 7) is 8.09. The number of aliphatic hydroxyl groups is 2. The Balaban J connectivity index is 1.76. The second-order valence-corrected chi connectivity index (χ2v) is 11.0. The van der Waals surface area contributed by atoms with Gasteiger partial charge in [-0.05, 0) is 51.3 Å². The van der Waals surface area contributed by atoms with Crippen molar-refractivity contribution in [2.75, 3.05) is 0 Å². The van der Waals surface area contributed by atoms with Crippen LogP contribution in [-0.4, -0.2) is 22.3 Å². The average Bonchev–Trinajstić information content (AvgIpc) is 2.96. The highest BCUT2D eigenvalue weighted by atomic mass is 16.3. The summed E-state index contributed by atoms with van der Waals surface area (Å²) in [4.78, 5) is 0. The minimum absolute atomic E-state index is 0.0592. The van der Waals surface area contributed by atoms with E-state index in [4.69, 9.17) is 11.5 Å². The Morgan fingerprint density at radius 3 is 1.32 bits per heavy atom. The van der Waals surface area contributed by atoms with Crippen molar-refractivity contribution < 1.29 is 10.2 Å². The second-order valence-electron chi connectivity index (χ2n) is 11.0. The average molecular weight is 509 g/mol. The molecule has 0 aromatic heterocycles.